The molecule has 4 aromatic rings. The molecule has 0 aliphatic carbocycles. The number of hydrogen-bond donors (Lipinski definition) is 1. The Bertz CT molecular complexity index is 1270. The Kier molecular flexibility index (Phi) is 6.36. The van der Waals surface area contributed by atoms with E-state index in [1.807, 2.05) is 67.6 Å². The highest BCUT2D eigenvalue weighted by Gasteiger charge is 2.16. The third-order valence-corrected chi connectivity index (χ3v) is 7.05. The number of hydrogen-bond acceptors (Lipinski definition) is 5. The molecular weight excluding hydrogens is 482 g/mol. The van der Waals surface area contributed by atoms with Crippen LogP contribution in [-0.2, 0) is 11.3 Å². The van der Waals surface area contributed by atoms with E-state index in [1.165, 1.54) is 23.1 Å². The van der Waals surface area contributed by atoms with Crippen molar-refractivity contribution in [1.82, 2.24) is 9.55 Å². The maximum atomic E-state index is 13.0. The molecule has 8 heteroatoms. The molecule has 2 heterocycles. The molecule has 0 radical (unpaired) electrons. The second kappa shape index (κ2) is 9.16. The number of thiophene rings is 1. The van der Waals surface area contributed by atoms with Gasteiger partial charge in [-0.2, -0.15) is 0 Å². The Morgan fingerprint density at radius 1 is 1.17 bits per heavy atom. The van der Waals surface area contributed by atoms with Crippen LogP contribution >= 0.6 is 39.0 Å². The van der Waals surface area contributed by atoms with Crippen LogP contribution in [0.3, 0.4) is 0 Å². The molecule has 4 rings (SSSR count). The number of thioether (sulfide) groups is 1. The molecule has 30 heavy (non-hydrogen) atoms. The maximum absolute atomic E-state index is 13.0. The van der Waals surface area contributed by atoms with Gasteiger partial charge in [-0.25, -0.2) is 4.98 Å². The highest BCUT2D eigenvalue weighted by Crippen LogP contribution is 2.32. The average molecular weight is 500 g/mol. The first-order chi connectivity index (χ1) is 14.5. The van der Waals surface area contributed by atoms with Gasteiger partial charge in [0.1, 0.15) is 4.70 Å². The normalized spacial score (nSPS) is 11.0. The Morgan fingerprint density at radius 3 is 2.70 bits per heavy atom. The van der Waals surface area contributed by atoms with Crippen LogP contribution in [0.15, 0.2) is 75.1 Å². The van der Waals surface area contributed by atoms with Crippen molar-refractivity contribution in [3.05, 3.63) is 75.5 Å². The number of halogens is 1. The molecule has 0 aliphatic rings. The minimum Gasteiger partial charge on any atom is -0.325 e. The van der Waals surface area contributed by atoms with E-state index >= 15 is 0 Å². The number of carbonyl (C=O) groups is 1. The van der Waals surface area contributed by atoms with E-state index < -0.39 is 0 Å². The van der Waals surface area contributed by atoms with Crippen molar-refractivity contribution in [2.75, 3.05) is 11.1 Å². The zero-order valence-corrected chi connectivity index (χ0v) is 19.3. The summed E-state index contributed by atoms with van der Waals surface area (Å²) in [6.45, 7) is 2.40. The lowest BCUT2D eigenvalue weighted by molar-refractivity contribution is -0.113. The van der Waals surface area contributed by atoms with Crippen LogP contribution in [-0.4, -0.2) is 21.2 Å². The molecular formula is C22H18BrN3O2S2. The number of rotatable bonds is 6. The first-order valence-corrected chi connectivity index (χ1v) is 11.9. The molecule has 0 saturated carbocycles. The average Bonchev–Trinajstić information content (AvgIpc) is 3.18. The number of fused-ring (bicyclic) bond motifs is 1. The molecule has 0 atom stereocenters. The molecule has 1 amide bonds. The highest BCUT2D eigenvalue weighted by molar-refractivity contribution is 9.10. The topological polar surface area (TPSA) is 64.0 Å². The fourth-order valence-electron chi connectivity index (χ4n) is 3.02. The fraction of sp³-hybridized carbons (Fsp3) is 0.136. The number of anilines is 1. The fourth-order valence-corrected chi connectivity index (χ4v) is 5.33. The van der Waals surface area contributed by atoms with Crippen LogP contribution in [0.4, 0.5) is 5.69 Å². The maximum Gasteiger partial charge on any atom is 0.272 e. The number of nitrogens with one attached hydrogen (secondary N) is 1. The number of aromatic nitrogens is 2. The van der Waals surface area contributed by atoms with Crippen molar-refractivity contribution < 1.29 is 4.79 Å². The molecule has 0 bridgehead atoms. The lowest BCUT2D eigenvalue weighted by Gasteiger charge is -2.10. The number of amides is 1. The summed E-state index contributed by atoms with van der Waals surface area (Å²) in [5, 5.41) is 3.42. The third kappa shape index (κ3) is 4.50. The lowest BCUT2D eigenvalue weighted by atomic mass is 10.2. The van der Waals surface area contributed by atoms with Crippen LogP contribution in [0.5, 0.6) is 0 Å². The smallest absolute Gasteiger partial charge is 0.272 e. The van der Waals surface area contributed by atoms with Gasteiger partial charge in [0.05, 0.1) is 11.3 Å². The van der Waals surface area contributed by atoms with Crippen molar-refractivity contribution in [1.29, 1.82) is 0 Å². The van der Waals surface area contributed by atoms with Crippen LogP contribution in [0.25, 0.3) is 20.7 Å². The van der Waals surface area contributed by atoms with Gasteiger partial charge in [-0.1, -0.05) is 64.1 Å². The molecule has 2 aromatic heterocycles. The predicted molar refractivity (Wildman–Crippen MR) is 128 cm³/mol. The van der Waals surface area contributed by atoms with E-state index in [2.05, 4.69) is 21.2 Å². The predicted octanol–water partition coefficient (Wildman–Crippen LogP) is 5.64. The van der Waals surface area contributed by atoms with Gasteiger partial charge >= 0.3 is 0 Å². The monoisotopic (exact) mass is 499 g/mol. The summed E-state index contributed by atoms with van der Waals surface area (Å²) in [5.74, 6) is 0.0190. The van der Waals surface area contributed by atoms with Gasteiger partial charge < -0.3 is 5.32 Å². The van der Waals surface area contributed by atoms with Crippen LogP contribution < -0.4 is 10.9 Å². The minimum absolute atomic E-state index is 0.0652. The van der Waals surface area contributed by atoms with E-state index in [0.717, 1.165) is 20.6 Å². The number of nitrogens with zero attached hydrogens (tertiary/aromatic N) is 2. The van der Waals surface area contributed by atoms with Crippen molar-refractivity contribution >= 4 is 60.8 Å². The van der Waals surface area contributed by atoms with Gasteiger partial charge in [-0.15, -0.1) is 11.3 Å². The first kappa shape index (κ1) is 20.8. The largest absolute Gasteiger partial charge is 0.325 e. The quantitative estimate of drug-likeness (QED) is 0.275. The Labute approximate surface area is 190 Å². The molecule has 0 fully saturated rings. The van der Waals surface area contributed by atoms with E-state index in [4.69, 9.17) is 4.98 Å². The molecule has 0 spiro atoms. The Balaban J connectivity index is 1.59. The molecule has 152 valence electrons. The molecule has 0 saturated heterocycles. The molecule has 5 nitrogen and oxygen atoms in total. The van der Waals surface area contributed by atoms with Gasteiger partial charge in [0.25, 0.3) is 5.56 Å². The summed E-state index contributed by atoms with van der Waals surface area (Å²) in [4.78, 5) is 31.1. The van der Waals surface area contributed by atoms with Gasteiger partial charge in [0, 0.05) is 21.6 Å². The number of carbonyl (C=O) groups excluding carboxylic acids is 1. The summed E-state index contributed by atoms with van der Waals surface area (Å²) < 4.78 is 3.16. The van der Waals surface area contributed by atoms with E-state index in [1.54, 1.807) is 4.57 Å². The van der Waals surface area contributed by atoms with Crippen LogP contribution in [0.2, 0.25) is 0 Å². The van der Waals surface area contributed by atoms with Gasteiger partial charge in [-0.3, -0.25) is 14.2 Å². The van der Waals surface area contributed by atoms with Crippen LogP contribution in [0.1, 0.15) is 6.92 Å². The summed E-state index contributed by atoms with van der Waals surface area (Å²) in [5.41, 5.74) is 2.38. The molecule has 1 N–H and O–H groups in total. The van der Waals surface area contributed by atoms with Gasteiger partial charge in [0.15, 0.2) is 5.16 Å². The van der Waals surface area contributed by atoms with Crippen LogP contribution in [0, 0.1) is 0 Å². The second-order valence-corrected chi connectivity index (χ2v) is 9.39. The zero-order valence-electron chi connectivity index (χ0n) is 16.1. The van der Waals surface area contributed by atoms with Crippen molar-refractivity contribution in [2.45, 2.75) is 18.6 Å². The SMILES string of the molecule is CCn1c(SCC(=O)Nc2cccc(Br)c2)nc2cc(-c3ccccc3)sc2c1=O. The van der Waals surface area contributed by atoms with Crippen molar-refractivity contribution in [2.24, 2.45) is 0 Å². The van der Waals surface area contributed by atoms with E-state index in [0.29, 0.717) is 21.9 Å². The summed E-state index contributed by atoms with van der Waals surface area (Å²) in [6.07, 6.45) is 0. The van der Waals surface area contributed by atoms with Crippen molar-refractivity contribution in [3.8, 4) is 10.4 Å². The Hall–Kier alpha value is -2.42. The lowest BCUT2D eigenvalue weighted by Crippen LogP contribution is -2.22. The number of benzene rings is 2. The van der Waals surface area contributed by atoms with Gasteiger partial charge in [-0.05, 0) is 36.8 Å². The second-order valence-electron chi connectivity index (χ2n) is 6.48. The highest BCUT2D eigenvalue weighted by atomic mass is 79.9. The third-order valence-electron chi connectivity index (χ3n) is 4.41. The standard InChI is InChI=1S/C22H18BrN3O2S2/c1-2-26-21(28)20-17(12-18(30-20)14-7-4-3-5-8-14)25-22(26)29-13-19(27)24-16-10-6-9-15(23)11-16/h3-12H,2,13H2,1H3,(H,24,27). The molecule has 0 aliphatic heterocycles. The first-order valence-electron chi connectivity index (χ1n) is 9.33. The van der Waals surface area contributed by atoms with E-state index in [9.17, 15) is 9.59 Å². The summed E-state index contributed by atoms with van der Waals surface area (Å²) in [7, 11) is 0. The Morgan fingerprint density at radius 2 is 1.97 bits per heavy atom. The zero-order chi connectivity index (χ0) is 21.1. The molecule has 2 aromatic carbocycles. The minimum atomic E-state index is -0.148. The van der Waals surface area contributed by atoms with Crippen molar-refractivity contribution in [3.63, 3.8) is 0 Å². The van der Waals surface area contributed by atoms with E-state index in [-0.39, 0.29) is 17.2 Å². The van der Waals surface area contributed by atoms with Gasteiger partial charge in [0.2, 0.25) is 5.91 Å². The summed E-state index contributed by atoms with van der Waals surface area (Å²) in [6, 6.07) is 19.3. The summed E-state index contributed by atoms with van der Waals surface area (Å²) >= 11 is 6.12. The molecule has 0 unspecified atom stereocenters.